The maximum absolute atomic E-state index is 6.40. The van der Waals surface area contributed by atoms with Crippen molar-refractivity contribution in [3.8, 4) is 11.5 Å². The fourth-order valence-corrected chi connectivity index (χ4v) is 4.53. The van der Waals surface area contributed by atoms with Crippen molar-refractivity contribution >= 4 is 37.6 Å². The second kappa shape index (κ2) is 6.99. The summed E-state index contributed by atoms with van der Waals surface area (Å²) < 4.78 is 19.3. The van der Waals surface area contributed by atoms with E-state index in [1.54, 1.807) is 13.4 Å². The summed E-state index contributed by atoms with van der Waals surface area (Å²) >= 11 is 7.15. The van der Waals surface area contributed by atoms with Gasteiger partial charge in [-0.1, -0.05) is 22.0 Å². The van der Waals surface area contributed by atoms with E-state index < -0.39 is 0 Å². The Morgan fingerprint density at radius 3 is 2.75 bits per heavy atom. The van der Waals surface area contributed by atoms with Crippen LogP contribution in [0.25, 0.3) is 5.70 Å². The zero-order chi connectivity index (χ0) is 19.3. The van der Waals surface area contributed by atoms with Crippen molar-refractivity contribution in [1.82, 2.24) is 10.4 Å². The second-order valence-corrected chi connectivity index (χ2v) is 8.34. The fourth-order valence-electron chi connectivity index (χ4n) is 3.60. The Labute approximate surface area is 179 Å². The van der Waals surface area contributed by atoms with Gasteiger partial charge in [0.1, 0.15) is 11.5 Å². The molecule has 0 saturated heterocycles. The molecule has 3 heterocycles. The summed E-state index contributed by atoms with van der Waals surface area (Å²) in [7, 11) is 1.66. The largest absolute Gasteiger partial charge is 0.496 e. The number of hydrazine groups is 1. The molecule has 28 heavy (non-hydrogen) atoms. The maximum Gasteiger partial charge on any atom is 0.196 e. The summed E-state index contributed by atoms with van der Waals surface area (Å²) in [6.07, 6.45) is 3.52. The van der Waals surface area contributed by atoms with Gasteiger partial charge in [-0.3, -0.25) is 0 Å². The highest BCUT2D eigenvalue weighted by Crippen LogP contribution is 2.47. The number of furan rings is 1. The van der Waals surface area contributed by atoms with E-state index in [1.807, 2.05) is 42.5 Å². The lowest BCUT2D eigenvalue weighted by Gasteiger charge is -2.39. The number of rotatable bonds is 3. The predicted molar refractivity (Wildman–Crippen MR) is 113 cm³/mol. The van der Waals surface area contributed by atoms with Crippen LogP contribution in [-0.4, -0.2) is 12.1 Å². The molecule has 0 saturated carbocycles. The molecule has 0 aliphatic carbocycles. The molecule has 0 fully saturated rings. The van der Waals surface area contributed by atoms with Crippen molar-refractivity contribution in [2.24, 2.45) is 0 Å². The average Bonchev–Trinajstić information content (AvgIpc) is 3.37. The van der Waals surface area contributed by atoms with E-state index in [2.05, 4.69) is 54.4 Å². The van der Waals surface area contributed by atoms with Gasteiger partial charge in [0.15, 0.2) is 12.0 Å². The zero-order valence-corrected chi connectivity index (χ0v) is 18.0. The van der Waals surface area contributed by atoms with Gasteiger partial charge >= 0.3 is 0 Å². The van der Waals surface area contributed by atoms with Gasteiger partial charge in [0.05, 0.1) is 29.6 Å². The molecule has 1 N–H and O–H groups in total. The average molecular weight is 504 g/mol. The third-order valence-electron chi connectivity index (χ3n) is 4.90. The highest BCUT2D eigenvalue weighted by atomic mass is 79.9. The van der Waals surface area contributed by atoms with Crippen LogP contribution in [-0.2, 0) is 0 Å². The third-order valence-corrected chi connectivity index (χ3v) is 6.02. The molecular formula is C21H16Br2N2O3. The summed E-state index contributed by atoms with van der Waals surface area (Å²) in [5, 5.41) is 2.10. The molecule has 0 bridgehead atoms. The third kappa shape index (κ3) is 2.94. The number of hydrogen-bond acceptors (Lipinski definition) is 5. The molecule has 3 aromatic rings. The molecular weight excluding hydrogens is 488 g/mol. The molecule has 5 nitrogen and oxygen atoms in total. The monoisotopic (exact) mass is 502 g/mol. The lowest BCUT2D eigenvalue weighted by molar-refractivity contribution is -0.0329. The van der Waals surface area contributed by atoms with Crippen LogP contribution in [0.15, 0.2) is 74.2 Å². The minimum atomic E-state index is -0.315. The van der Waals surface area contributed by atoms with Crippen molar-refractivity contribution in [2.75, 3.05) is 7.11 Å². The molecule has 7 heteroatoms. The molecule has 2 unspecified atom stereocenters. The predicted octanol–water partition coefficient (Wildman–Crippen LogP) is 5.81. The molecule has 0 radical (unpaired) electrons. The summed E-state index contributed by atoms with van der Waals surface area (Å²) in [6, 6.07) is 15.9. The van der Waals surface area contributed by atoms with Crippen LogP contribution < -0.4 is 14.9 Å². The highest BCUT2D eigenvalue weighted by molar-refractivity contribution is 9.10. The van der Waals surface area contributed by atoms with E-state index in [0.717, 1.165) is 43.0 Å². The zero-order valence-electron chi connectivity index (χ0n) is 14.9. The summed E-state index contributed by atoms with van der Waals surface area (Å²) in [5.41, 5.74) is 6.48. The Balaban J connectivity index is 1.59. The molecule has 2 atom stereocenters. The van der Waals surface area contributed by atoms with Crippen molar-refractivity contribution in [1.29, 1.82) is 0 Å². The van der Waals surface area contributed by atoms with Crippen LogP contribution in [0.3, 0.4) is 0 Å². The number of ether oxygens (including phenoxy) is 2. The molecule has 0 spiro atoms. The van der Waals surface area contributed by atoms with E-state index >= 15 is 0 Å². The van der Waals surface area contributed by atoms with Crippen molar-refractivity contribution < 1.29 is 13.9 Å². The van der Waals surface area contributed by atoms with Gasteiger partial charge in [0, 0.05) is 15.6 Å². The van der Waals surface area contributed by atoms with Crippen LogP contribution in [0.4, 0.5) is 0 Å². The Bertz CT molecular complexity index is 1070. The first-order valence-electron chi connectivity index (χ1n) is 8.74. The number of nitrogens with zero attached hydrogens (tertiary/aromatic N) is 1. The van der Waals surface area contributed by atoms with Gasteiger partial charge in [-0.05, 0) is 64.5 Å². The van der Waals surface area contributed by atoms with Gasteiger partial charge in [-0.15, -0.1) is 0 Å². The standard InChI is InChI=1S/C21H16Br2N2O3/c1-26-19-6-4-12(9-15(19)23)21-25-17(11-16(24-25)20-3-2-8-27-20)14-10-13(22)5-7-18(14)28-21/h2-11,17,21,24H,1H3. The van der Waals surface area contributed by atoms with Crippen molar-refractivity contribution in [2.45, 2.75) is 12.3 Å². The minimum Gasteiger partial charge on any atom is -0.496 e. The summed E-state index contributed by atoms with van der Waals surface area (Å²) in [5.74, 6) is 2.44. The van der Waals surface area contributed by atoms with Gasteiger partial charge in [0.2, 0.25) is 0 Å². The smallest absolute Gasteiger partial charge is 0.196 e. The Kier molecular flexibility index (Phi) is 4.45. The number of methoxy groups -OCH3 is 1. The topological polar surface area (TPSA) is 46.9 Å². The van der Waals surface area contributed by atoms with E-state index in [9.17, 15) is 0 Å². The summed E-state index contributed by atoms with van der Waals surface area (Å²) in [4.78, 5) is 0. The van der Waals surface area contributed by atoms with Crippen LogP contribution in [0, 0.1) is 0 Å². The number of hydrogen-bond donors (Lipinski definition) is 1. The van der Waals surface area contributed by atoms with Crippen LogP contribution in [0.5, 0.6) is 11.5 Å². The van der Waals surface area contributed by atoms with E-state index in [4.69, 9.17) is 13.9 Å². The van der Waals surface area contributed by atoms with Gasteiger partial charge in [-0.25, -0.2) is 0 Å². The number of fused-ring (bicyclic) bond motifs is 3. The maximum atomic E-state index is 6.40. The molecule has 1 aromatic heterocycles. The molecule has 2 aromatic carbocycles. The fraction of sp³-hybridized carbons (Fsp3) is 0.143. The molecule has 0 amide bonds. The molecule has 142 valence electrons. The number of benzene rings is 2. The van der Waals surface area contributed by atoms with Gasteiger partial charge in [-0.2, -0.15) is 5.01 Å². The second-order valence-electron chi connectivity index (χ2n) is 6.57. The van der Waals surface area contributed by atoms with Crippen LogP contribution in [0.2, 0.25) is 0 Å². The normalized spacial score (nSPS) is 20.6. The first kappa shape index (κ1) is 17.8. The Morgan fingerprint density at radius 1 is 1.11 bits per heavy atom. The van der Waals surface area contributed by atoms with E-state index in [0.29, 0.717) is 0 Å². The highest BCUT2D eigenvalue weighted by Gasteiger charge is 2.40. The van der Waals surface area contributed by atoms with E-state index in [1.165, 1.54) is 0 Å². The Morgan fingerprint density at radius 2 is 2.00 bits per heavy atom. The van der Waals surface area contributed by atoms with Crippen LogP contribution in [0.1, 0.15) is 29.2 Å². The number of halogens is 2. The molecule has 5 rings (SSSR count). The lowest BCUT2D eigenvalue weighted by atomic mass is 10.0. The SMILES string of the molecule is COc1ccc(C2Oc3ccc(Br)cc3C3C=C(c4ccco4)NN32)cc1Br. The van der Waals surface area contributed by atoms with Crippen LogP contribution >= 0.6 is 31.9 Å². The van der Waals surface area contributed by atoms with Gasteiger partial charge in [0.25, 0.3) is 0 Å². The Hall–Kier alpha value is -2.22. The first-order valence-corrected chi connectivity index (χ1v) is 10.3. The quantitative estimate of drug-likeness (QED) is 0.489. The first-order chi connectivity index (χ1) is 13.6. The van der Waals surface area contributed by atoms with Crippen molar-refractivity contribution in [3.63, 3.8) is 0 Å². The molecule has 2 aliphatic rings. The lowest BCUT2D eigenvalue weighted by Crippen LogP contribution is -2.43. The number of nitrogens with one attached hydrogen (secondary N) is 1. The minimum absolute atomic E-state index is 0.00669. The van der Waals surface area contributed by atoms with Gasteiger partial charge < -0.3 is 19.3 Å². The van der Waals surface area contributed by atoms with Crippen molar-refractivity contribution in [3.05, 3.63) is 86.7 Å². The van der Waals surface area contributed by atoms with E-state index in [-0.39, 0.29) is 12.3 Å². The molecule has 2 aliphatic heterocycles. The summed E-state index contributed by atoms with van der Waals surface area (Å²) in [6.45, 7) is 0.